The molecule has 0 amide bonds. The number of fused-ring (bicyclic) bond motifs is 1. The third-order valence-electron chi connectivity index (χ3n) is 3.35. The van der Waals surface area contributed by atoms with E-state index in [1.807, 2.05) is 6.92 Å². The number of hydrogen-bond acceptors (Lipinski definition) is 2. The molecule has 2 nitrogen and oxygen atoms in total. The second-order valence-corrected chi connectivity index (χ2v) is 4.98. The molecular weight excluding hydrogens is 212 g/mol. The minimum absolute atomic E-state index is 0.185. The summed E-state index contributed by atoms with van der Waals surface area (Å²) < 4.78 is 5.73. The molecule has 2 rings (SSSR count). The Morgan fingerprint density at radius 3 is 2.88 bits per heavy atom. The van der Waals surface area contributed by atoms with Gasteiger partial charge in [-0.05, 0) is 68.7 Å². The molecule has 0 radical (unpaired) electrons. The molecule has 1 aromatic carbocycles. The van der Waals surface area contributed by atoms with Gasteiger partial charge in [0.05, 0.1) is 12.7 Å². The maximum Gasteiger partial charge on any atom is 0.119 e. The summed E-state index contributed by atoms with van der Waals surface area (Å²) in [5, 5.41) is 9.13. The van der Waals surface area contributed by atoms with Crippen molar-refractivity contribution in [3.05, 3.63) is 29.3 Å². The number of ether oxygens (including phenoxy) is 1. The van der Waals surface area contributed by atoms with E-state index < -0.39 is 0 Å². The molecule has 2 heteroatoms. The first-order chi connectivity index (χ1) is 8.25. The van der Waals surface area contributed by atoms with Gasteiger partial charge in [0.25, 0.3) is 0 Å². The van der Waals surface area contributed by atoms with Crippen molar-refractivity contribution in [2.24, 2.45) is 0 Å². The van der Waals surface area contributed by atoms with E-state index in [0.717, 1.165) is 31.6 Å². The van der Waals surface area contributed by atoms with Gasteiger partial charge in [-0.2, -0.15) is 0 Å². The SMILES string of the molecule is CC(O)CCCCOc1ccc2c(c1)CCC2. The first kappa shape index (κ1) is 12.4. The standard InChI is InChI=1S/C15H22O2/c1-12(16)5-2-3-10-17-15-9-8-13-6-4-7-14(13)11-15/h8-9,11-12,16H,2-7,10H2,1H3. The van der Waals surface area contributed by atoms with Gasteiger partial charge in [0.15, 0.2) is 0 Å². The molecule has 0 saturated heterocycles. The summed E-state index contributed by atoms with van der Waals surface area (Å²) >= 11 is 0. The molecule has 17 heavy (non-hydrogen) atoms. The molecule has 1 atom stereocenters. The van der Waals surface area contributed by atoms with E-state index in [4.69, 9.17) is 9.84 Å². The van der Waals surface area contributed by atoms with Crippen molar-refractivity contribution in [3.8, 4) is 5.75 Å². The van der Waals surface area contributed by atoms with Gasteiger partial charge < -0.3 is 9.84 Å². The lowest BCUT2D eigenvalue weighted by Crippen LogP contribution is -2.02. The molecule has 1 aromatic rings. The van der Waals surface area contributed by atoms with Crippen LogP contribution in [-0.4, -0.2) is 17.8 Å². The smallest absolute Gasteiger partial charge is 0.119 e. The van der Waals surface area contributed by atoms with Gasteiger partial charge >= 0.3 is 0 Å². The fraction of sp³-hybridized carbons (Fsp3) is 0.600. The van der Waals surface area contributed by atoms with Crippen molar-refractivity contribution in [1.29, 1.82) is 0 Å². The second-order valence-electron chi connectivity index (χ2n) is 4.98. The predicted octanol–water partition coefficient (Wildman–Crippen LogP) is 3.11. The van der Waals surface area contributed by atoms with Crippen LogP contribution in [0.1, 0.15) is 43.7 Å². The molecule has 0 spiro atoms. The highest BCUT2D eigenvalue weighted by Crippen LogP contribution is 2.26. The number of hydrogen-bond donors (Lipinski definition) is 1. The van der Waals surface area contributed by atoms with Gasteiger partial charge in [-0.3, -0.25) is 0 Å². The van der Waals surface area contributed by atoms with Gasteiger partial charge in [0.2, 0.25) is 0 Å². The Hall–Kier alpha value is -1.02. The molecule has 1 N–H and O–H groups in total. The highest BCUT2D eigenvalue weighted by molar-refractivity contribution is 5.38. The van der Waals surface area contributed by atoms with Crippen LogP contribution in [0.15, 0.2) is 18.2 Å². The maximum absolute atomic E-state index is 9.13. The van der Waals surface area contributed by atoms with Gasteiger partial charge in [0, 0.05) is 0 Å². The summed E-state index contributed by atoms with van der Waals surface area (Å²) in [6, 6.07) is 6.48. The Morgan fingerprint density at radius 2 is 2.06 bits per heavy atom. The first-order valence-corrected chi connectivity index (χ1v) is 6.68. The van der Waals surface area contributed by atoms with Crippen molar-refractivity contribution in [1.82, 2.24) is 0 Å². The molecule has 0 fully saturated rings. The van der Waals surface area contributed by atoms with Crippen LogP contribution < -0.4 is 4.74 Å². The minimum atomic E-state index is -0.185. The van der Waals surface area contributed by atoms with Crippen molar-refractivity contribution in [2.45, 2.75) is 51.6 Å². The summed E-state index contributed by atoms with van der Waals surface area (Å²) in [7, 11) is 0. The summed E-state index contributed by atoms with van der Waals surface area (Å²) in [5.41, 5.74) is 2.96. The molecule has 1 aliphatic carbocycles. The van der Waals surface area contributed by atoms with Gasteiger partial charge in [0.1, 0.15) is 5.75 Å². The van der Waals surface area contributed by atoms with Crippen LogP contribution in [0.5, 0.6) is 5.75 Å². The van der Waals surface area contributed by atoms with Crippen LogP contribution in [0.3, 0.4) is 0 Å². The summed E-state index contributed by atoms with van der Waals surface area (Å²) in [5.74, 6) is 1.00. The van der Waals surface area contributed by atoms with Crippen LogP contribution in [0, 0.1) is 0 Å². The number of unbranched alkanes of at least 4 members (excludes halogenated alkanes) is 1. The monoisotopic (exact) mass is 234 g/mol. The molecule has 0 heterocycles. The minimum Gasteiger partial charge on any atom is -0.494 e. The zero-order valence-corrected chi connectivity index (χ0v) is 10.6. The summed E-state index contributed by atoms with van der Waals surface area (Å²) in [4.78, 5) is 0. The van der Waals surface area contributed by atoms with Crippen LogP contribution in [0.25, 0.3) is 0 Å². The Kier molecular flexibility index (Phi) is 4.43. The van der Waals surface area contributed by atoms with Gasteiger partial charge in [-0.1, -0.05) is 6.07 Å². The van der Waals surface area contributed by atoms with Crippen molar-refractivity contribution < 1.29 is 9.84 Å². The van der Waals surface area contributed by atoms with E-state index in [1.165, 1.54) is 30.4 Å². The number of benzene rings is 1. The highest BCUT2D eigenvalue weighted by atomic mass is 16.5. The van der Waals surface area contributed by atoms with Crippen LogP contribution >= 0.6 is 0 Å². The molecule has 0 bridgehead atoms. The van der Waals surface area contributed by atoms with Crippen molar-refractivity contribution in [2.75, 3.05) is 6.61 Å². The van der Waals surface area contributed by atoms with Crippen LogP contribution in [0.4, 0.5) is 0 Å². The fourth-order valence-electron chi connectivity index (χ4n) is 2.37. The lowest BCUT2D eigenvalue weighted by atomic mass is 10.1. The number of rotatable bonds is 6. The predicted molar refractivity (Wildman–Crippen MR) is 69.5 cm³/mol. The lowest BCUT2D eigenvalue weighted by Gasteiger charge is -2.08. The third kappa shape index (κ3) is 3.74. The van der Waals surface area contributed by atoms with Gasteiger partial charge in [-0.25, -0.2) is 0 Å². The number of aliphatic hydroxyl groups excluding tert-OH is 1. The number of aryl methyl sites for hydroxylation is 2. The van der Waals surface area contributed by atoms with Crippen molar-refractivity contribution >= 4 is 0 Å². The maximum atomic E-state index is 9.13. The highest BCUT2D eigenvalue weighted by Gasteiger charge is 2.10. The van der Waals surface area contributed by atoms with E-state index in [2.05, 4.69) is 18.2 Å². The molecule has 1 aliphatic rings. The zero-order chi connectivity index (χ0) is 12.1. The van der Waals surface area contributed by atoms with E-state index in [-0.39, 0.29) is 6.10 Å². The largest absolute Gasteiger partial charge is 0.494 e. The lowest BCUT2D eigenvalue weighted by molar-refractivity contribution is 0.177. The van der Waals surface area contributed by atoms with Crippen molar-refractivity contribution in [3.63, 3.8) is 0 Å². The fourth-order valence-corrected chi connectivity index (χ4v) is 2.37. The molecule has 0 saturated carbocycles. The topological polar surface area (TPSA) is 29.5 Å². The normalized spacial score (nSPS) is 15.6. The molecule has 0 aromatic heterocycles. The van der Waals surface area contributed by atoms with E-state index in [0.29, 0.717) is 0 Å². The number of aliphatic hydroxyl groups is 1. The Labute approximate surface area is 104 Å². The Morgan fingerprint density at radius 1 is 1.24 bits per heavy atom. The Bertz CT molecular complexity index is 358. The first-order valence-electron chi connectivity index (χ1n) is 6.68. The quantitative estimate of drug-likeness (QED) is 0.766. The summed E-state index contributed by atoms with van der Waals surface area (Å²) in [6.07, 6.45) is 6.44. The molecule has 1 unspecified atom stereocenters. The average Bonchev–Trinajstić information content (AvgIpc) is 2.75. The van der Waals surface area contributed by atoms with Crippen LogP contribution in [0.2, 0.25) is 0 Å². The average molecular weight is 234 g/mol. The van der Waals surface area contributed by atoms with Crippen LogP contribution in [-0.2, 0) is 12.8 Å². The van der Waals surface area contributed by atoms with E-state index >= 15 is 0 Å². The second kappa shape index (κ2) is 6.06. The molecular formula is C15H22O2. The molecule has 0 aliphatic heterocycles. The third-order valence-corrected chi connectivity index (χ3v) is 3.35. The van der Waals surface area contributed by atoms with E-state index in [9.17, 15) is 0 Å². The summed E-state index contributed by atoms with van der Waals surface area (Å²) in [6.45, 7) is 2.59. The molecule has 94 valence electrons. The van der Waals surface area contributed by atoms with Gasteiger partial charge in [-0.15, -0.1) is 0 Å². The zero-order valence-electron chi connectivity index (χ0n) is 10.6. The van der Waals surface area contributed by atoms with E-state index in [1.54, 1.807) is 0 Å². The Balaban J connectivity index is 1.72.